The molecule has 1 atom stereocenters. The molecule has 2 heterocycles. The standard InChI is InChI=1S/C19H36N4O2S.HI/c1-20-18(21-15-17-9-7-14-23(17)26(2,24)25)22-13-8-12-19(16-22)10-5-3-4-6-11-19;/h17H,3-16H2,1-2H3,(H,20,21);1H/t17-;/m1./s1. The van der Waals surface area contributed by atoms with E-state index in [1.807, 2.05) is 7.05 Å². The second-order valence-electron chi connectivity index (χ2n) is 8.54. The third-order valence-corrected chi connectivity index (χ3v) is 7.91. The Morgan fingerprint density at radius 1 is 1.07 bits per heavy atom. The summed E-state index contributed by atoms with van der Waals surface area (Å²) in [6.07, 6.45) is 14.0. The number of rotatable bonds is 3. The van der Waals surface area contributed by atoms with Gasteiger partial charge >= 0.3 is 0 Å². The minimum absolute atomic E-state index is 0. The average molecular weight is 513 g/mol. The Labute approximate surface area is 182 Å². The summed E-state index contributed by atoms with van der Waals surface area (Å²) in [4.78, 5) is 6.95. The molecule has 1 spiro atoms. The largest absolute Gasteiger partial charge is 0.355 e. The third-order valence-electron chi connectivity index (χ3n) is 6.58. The quantitative estimate of drug-likeness (QED) is 0.359. The molecule has 0 amide bonds. The van der Waals surface area contributed by atoms with Crippen LogP contribution in [0.15, 0.2) is 4.99 Å². The van der Waals surface area contributed by atoms with E-state index in [1.54, 1.807) is 4.31 Å². The number of piperidine rings is 1. The minimum Gasteiger partial charge on any atom is -0.355 e. The first-order valence-corrected chi connectivity index (χ1v) is 12.2. The number of guanidine groups is 1. The zero-order chi connectivity index (χ0) is 18.6. The lowest BCUT2D eigenvalue weighted by Crippen LogP contribution is -2.52. The number of sulfonamides is 1. The zero-order valence-corrected chi connectivity index (χ0v) is 20.1. The lowest BCUT2D eigenvalue weighted by atomic mass is 9.74. The average Bonchev–Trinajstić information content (AvgIpc) is 2.98. The molecule has 2 aliphatic heterocycles. The van der Waals surface area contributed by atoms with Gasteiger partial charge in [0.2, 0.25) is 10.0 Å². The van der Waals surface area contributed by atoms with E-state index in [0.29, 0.717) is 18.5 Å². The van der Waals surface area contributed by atoms with E-state index in [0.717, 1.165) is 31.9 Å². The molecule has 3 rings (SSSR count). The molecule has 1 aliphatic carbocycles. The van der Waals surface area contributed by atoms with Crippen molar-refractivity contribution < 1.29 is 8.42 Å². The van der Waals surface area contributed by atoms with E-state index in [4.69, 9.17) is 0 Å². The highest BCUT2D eigenvalue weighted by Gasteiger charge is 2.37. The SMILES string of the molecule is CN=C(NC[C@H]1CCCN1S(C)(=O)=O)N1CCCC2(CCCCCC2)C1.I. The van der Waals surface area contributed by atoms with Crippen LogP contribution in [0.2, 0.25) is 0 Å². The van der Waals surface area contributed by atoms with E-state index >= 15 is 0 Å². The third kappa shape index (κ3) is 5.95. The molecule has 3 aliphatic rings. The maximum atomic E-state index is 12.0. The molecule has 2 saturated heterocycles. The molecule has 158 valence electrons. The van der Waals surface area contributed by atoms with Crippen LogP contribution in [0.1, 0.15) is 64.2 Å². The Balaban J connectivity index is 0.00000261. The second kappa shape index (κ2) is 10.1. The number of likely N-dealkylation sites (tertiary alicyclic amines) is 1. The fraction of sp³-hybridized carbons (Fsp3) is 0.947. The van der Waals surface area contributed by atoms with E-state index in [-0.39, 0.29) is 30.0 Å². The van der Waals surface area contributed by atoms with Crippen LogP contribution in [-0.2, 0) is 10.0 Å². The van der Waals surface area contributed by atoms with Gasteiger partial charge in [0.25, 0.3) is 0 Å². The van der Waals surface area contributed by atoms with Gasteiger partial charge in [-0.3, -0.25) is 4.99 Å². The number of nitrogens with zero attached hydrogens (tertiary/aromatic N) is 3. The molecular formula is C19H37IN4O2S. The Bertz CT molecular complexity index is 603. The molecule has 27 heavy (non-hydrogen) atoms. The van der Waals surface area contributed by atoms with E-state index in [1.165, 1.54) is 57.6 Å². The lowest BCUT2D eigenvalue weighted by molar-refractivity contribution is 0.115. The predicted octanol–water partition coefficient (Wildman–Crippen LogP) is 3.04. The van der Waals surface area contributed by atoms with Gasteiger partial charge in [0.15, 0.2) is 5.96 Å². The lowest BCUT2D eigenvalue weighted by Gasteiger charge is -2.44. The topological polar surface area (TPSA) is 65.0 Å². The van der Waals surface area contributed by atoms with Gasteiger partial charge < -0.3 is 10.2 Å². The molecule has 0 aromatic carbocycles. The number of halogens is 1. The molecule has 3 fully saturated rings. The molecule has 8 heteroatoms. The summed E-state index contributed by atoms with van der Waals surface area (Å²) in [6, 6.07) is 0.0541. The Kier molecular flexibility index (Phi) is 8.67. The molecule has 0 unspecified atom stereocenters. The molecule has 0 aromatic heterocycles. The summed E-state index contributed by atoms with van der Waals surface area (Å²) in [7, 11) is -1.27. The maximum Gasteiger partial charge on any atom is 0.211 e. The van der Waals surface area contributed by atoms with Gasteiger partial charge in [-0.1, -0.05) is 25.7 Å². The highest BCUT2D eigenvalue weighted by molar-refractivity contribution is 14.0. The van der Waals surface area contributed by atoms with E-state index in [9.17, 15) is 8.42 Å². The van der Waals surface area contributed by atoms with Crippen LogP contribution < -0.4 is 5.32 Å². The number of aliphatic imine (C=N–C) groups is 1. The summed E-state index contributed by atoms with van der Waals surface area (Å²) in [6.45, 7) is 3.47. The van der Waals surface area contributed by atoms with Crippen molar-refractivity contribution in [1.29, 1.82) is 0 Å². The van der Waals surface area contributed by atoms with Gasteiger partial charge in [-0.15, -0.1) is 24.0 Å². The van der Waals surface area contributed by atoms with Crippen LogP contribution in [-0.4, -0.2) is 69.1 Å². The van der Waals surface area contributed by atoms with Gasteiger partial charge in [0.1, 0.15) is 0 Å². The fourth-order valence-electron chi connectivity index (χ4n) is 5.27. The first-order chi connectivity index (χ1) is 12.4. The fourth-order valence-corrected chi connectivity index (χ4v) is 6.45. The highest BCUT2D eigenvalue weighted by atomic mass is 127. The van der Waals surface area contributed by atoms with Gasteiger partial charge in [-0.05, 0) is 43.9 Å². The summed E-state index contributed by atoms with van der Waals surface area (Å²) in [5, 5.41) is 3.49. The Morgan fingerprint density at radius 3 is 2.37 bits per heavy atom. The number of nitrogens with one attached hydrogen (secondary N) is 1. The van der Waals surface area contributed by atoms with Gasteiger partial charge in [0, 0.05) is 39.3 Å². The number of hydrogen-bond acceptors (Lipinski definition) is 3. The zero-order valence-electron chi connectivity index (χ0n) is 17.0. The summed E-state index contributed by atoms with van der Waals surface area (Å²) < 4.78 is 25.6. The van der Waals surface area contributed by atoms with Crippen molar-refractivity contribution in [2.45, 2.75) is 70.3 Å². The summed E-state index contributed by atoms with van der Waals surface area (Å²) in [5.41, 5.74) is 0.471. The highest BCUT2D eigenvalue weighted by Crippen LogP contribution is 2.42. The smallest absolute Gasteiger partial charge is 0.211 e. The first kappa shape index (κ1) is 23.2. The first-order valence-electron chi connectivity index (χ1n) is 10.4. The summed E-state index contributed by atoms with van der Waals surface area (Å²) in [5.74, 6) is 0.952. The van der Waals surface area contributed by atoms with E-state index in [2.05, 4.69) is 15.2 Å². The Morgan fingerprint density at radius 2 is 1.74 bits per heavy atom. The van der Waals surface area contributed by atoms with Crippen LogP contribution in [0.3, 0.4) is 0 Å². The van der Waals surface area contributed by atoms with Crippen LogP contribution in [0.5, 0.6) is 0 Å². The van der Waals surface area contributed by atoms with Crippen molar-refractivity contribution in [3.8, 4) is 0 Å². The maximum absolute atomic E-state index is 12.0. The molecular weight excluding hydrogens is 475 g/mol. The van der Waals surface area contributed by atoms with Crippen molar-refractivity contribution >= 4 is 40.0 Å². The van der Waals surface area contributed by atoms with Gasteiger partial charge in [0.05, 0.1) is 6.26 Å². The number of hydrogen-bond donors (Lipinski definition) is 1. The van der Waals surface area contributed by atoms with Crippen LogP contribution in [0, 0.1) is 5.41 Å². The summed E-state index contributed by atoms with van der Waals surface area (Å²) >= 11 is 0. The van der Waals surface area contributed by atoms with Gasteiger partial charge in [-0.25, -0.2) is 8.42 Å². The minimum atomic E-state index is -3.12. The van der Waals surface area contributed by atoms with E-state index < -0.39 is 10.0 Å². The molecule has 1 N–H and O–H groups in total. The monoisotopic (exact) mass is 512 g/mol. The van der Waals surface area contributed by atoms with Crippen molar-refractivity contribution in [3.05, 3.63) is 0 Å². The molecule has 0 bridgehead atoms. The van der Waals surface area contributed by atoms with Gasteiger partial charge in [-0.2, -0.15) is 4.31 Å². The molecule has 0 aromatic rings. The Hall–Kier alpha value is -0.0900. The van der Waals surface area contributed by atoms with Crippen LogP contribution in [0.4, 0.5) is 0 Å². The molecule has 1 saturated carbocycles. The van der Waals surface area contributed by atoms with Crippen molar-refractivity contribution in [3.63, 3.8) is 0 Å². The molecule has 6 nitrogen and oxygen atoms in total. The normalized spacial score (nSPS) is 27.3. The van der Waals surface area contributed by atoms with Crippen LogP contribution in [0.25, 0.3) is 0 Å². The van der Waals surface area contributed by atoms with Crippen molar-refractivity contribution in [1.82, 2.24) is 14.5 Å². The predicted molar refractivity (Wildman–Crippen MR) is 122 cm³/mol. The van der Waals surface area contributed by atoms with Crippen LogP contribution >= 0.6 is 24.0 Å². The second-order valence-corrected chi connectivity index (χ2v) is 10.5. The van der Waals surface area contributed by atoms with Crippen molar-refractivity contribution in [2.75, 3.05) is 39.5 Å². The van der Waals surface area contributed by atoms with Crippen molar-refractivity contribution in [2.24, 2.45) is 10.4 Å². The molecule has 0 radical (unpaired) electrons.